The average Bonchev–Trinajstić information content (AvgIpc) is 2.51. The van der Waals surface area contributed by atoms with Crippen LogP contribution in [0.4, 0.5) is 0 Å². The SMILES string of the molecule is O=NNC(=O)CN(Cc1ccc(Cl)cc1)Sc1ccccc1. The second kappa shape index (κ2) is 8.53. The molecular formula is C15H14ClN3O2S. The van der Waals surface area contributed by atoms with Crippen molar-refractivity contribution >= 4 is 29.5 Å². The predicted molar refractivity (Wildman–Crippen MR) is 88.1 cm³/mol. The maximum absolute atomic E-state index is 11.6. The molecule has 0 aliphatic carbocycles. The summed E-state index contributed by atoms with van der Waals surface area (Å²) in [5, 5.41) is 3.07. The van der Waals surface area contributed by atoms with Crippen LogP contribution >= 0.6 is 23.5 Å². The first-order chi connectivity index (χ1) is 10.7. The van der Waals surface area contributed by atoms with E-state index in [1.807, 2.05) is 52.2 Å². The normalized spacial score (nSPS) is 10.5. The molecule has 22 heavy (non-hydrogen) atoms. The number of carbonyl (C=O) groups excluding carboxylic acids is 1. The molecule has 7 heteroatoms. The highest BCUT2D eigenvalue weighted by atomic mass is 35.5. The van der Waals surface area contributed by atoms with Gasteiger partial charge in [-0.15, -0.1) is 4.91 Å². The zero-order valence-electron chi connectivity index (χ0n) is 11.6. The van der Waals surface area contributed by atoms with Crippen LogP contribution < -0.4 is 5.43 Å². The number of nitrogens with one attached hydrogen (secondary N) is 1. The smallest absolute Gasteiger partial charge is 0.257 e. The Hall–Kier alpha value is -1.89. The molecule has 0 aliphatic rings. The molecule has 2 aromatic carbocycles. The lowest BCUT2D eigenvalue weighted by Gasteiger charge is -2.20. The predicted octanol–water partition coefficient (Wildman–Crippen LogP) is 3.65. The quantitative estimate of drug-likeness (QED) is 0.476. The molecule has 0 atom stereocenters. The van der Waals surface area contributed by atoms with Gasteiger partial charge in [0.1, 0.15) is 0 Å². The summed E-state index contributed by atoms with van der Waals surface area (Å²) < 4.78 is 1.85. The standard InChI is InChI=1S/C15H14ClN3O2S/c16-13-8-6-12(7-9-13)10-19(11-15(20)17-18-21)22-14-4-2-1-3-5-14/h1-9H,10-11H2,(H,17,20,21). The Morgan fingerprint density at radius 1 is 1.14 bits per heavy atom. The Balaban J connectivity index is 2.08. The third kappa shape index (κ3) is 5.48. The monoisotopic (exact) mass is 335 g/mol. The van der Waals surface area contributed by atoms with E-state index in [1.165, 1.54) is 11.9 Å². The van der Waals surface area contributed by atoms with Crippen molar-refractivity contribution in [1.82, 2.24) is 9.73 Å². The first-order valence-electron chi connectivity index (χ1n) is 6.51. The van der Waals surface area contributed by atoms with Crippen molar-refractivity contribution in [2.75, 3.05) is 6.54 Å². The molecule has 0 bridgehead atoms. The highest BCUT2D eigenvalue weighted by Gasteiger charge is 2.13. The molecule has 0 unspecified atom stereocenters. The van der Waals surface area contributed by atoms with Crippen molar-refractivity contribution in [3.63, 3.8) is 0 Å². The Morgan fingerprint density at radius 2 is 1.82 bits per heavy atom. The molecule has 0 aromatic heterocycles. The topological polar surface area (TPSA) is 61.8 Å². The number of nitroso groups, excluding NO2 is 1. The van der Waals surface area contributed by atoms with Crippen LogP contribution in [0.1, 0.15) is 5.56 Å². The molecule has 1 N–H and O–H groups in total. The number of halogens is 1. The fourth-order valence-electron chi connectivity index (χ4n) is 1.79. The fraction of sp³-hybridized carbons (Fsp3) is 0.133. The lowest BCUT2D eigenvalue weighted by atomic mass is 10.2. The molecule has 0 spiro atoms. The summed E-state index contributed by atoms with van der Waals surface area (Å²) in [4.78, 5) is 22.7. The van der Waals surface area contributed by atoms with E-state index in [-0.39, 0.29) is 6.54 Å². The van der Waals surface area contributed by atoms with Crippen LogP contribution in [0.5, 0.6) is 0 Å². The van der Waals surface area contributed by atoms with E-state index < -0.39 is 5.91 Å². The first-order valence-corrected chi connectivity index (χ1v) is 7.66. The van der Waals surface area contributed by atoms with Gasteiger partial charge in [-0.3, -0.25) is 4.79 Å². The van der Waals surface area contributed by atoms with E-state index in [9.17, 15) is 9.70 Å². The molecule has 0 heterocycles. The minimum absolute atomic E-state index is 0.0495. The van der Waals surface area contributed by atoms with E-state index >= 15 is 0 Å². The van der Waals surface area contributed by atoms with Crippen LogP contribution in [0.2, 0.25) is 5.02 Å². The number of rotatable bonds is 7. The van der Waals surface area contributed by atoms with E-state index in [4.69, 9.17) is 11.6 Å². The van der Waals surface area contributed by atoms with Gasteiger partial charge in [0.15, 0.2) is 0 Å². The maximum atomic E-state index is 11.6. The number of hydrogen-bond donors (Lipinski definition) is 1. The second-order valence-electron chi connectivity index (χ2n) is 4.46. The van der Waals surface area contributed by atoms with Crippen molar-refractivity contribution in [2.45, 2.75) is 11.4 Å². The van der Waals surface area contributed by atoms with Gasteiger partial charge in [0.2, 0.25) is 0 Å². The number of amides is 1. The Morgan fingerprint density at radius 3 is 2.45 bits per heavy atom. The molecule has 0 saturated carbocycles. The number of benzene rings is 2. The van der Waals surface area contributed by atoms with Crippen LogP contribution in [0.25, 0.3) is 0 Å². The Kier molecular flexibility index (Phi) is 6.39. The first kappa shape index (κ1) is 16.5. The van der Waals surface area contributed by atoms with Crippen LogP contribution in [0.15, 0.2) is 64.8 Å². The van der Waals surface area contributed by atoms with Crippen molar-refractivity contribution < 1.29 is 4.79 Å². The molecule has 2 rings (SSSR count). The summed E-state index contributed by atoms with van der Waals surface area (Å²) in [6, 6.07) is 17.1. The summed E-state index contributed by atoms with van der Waals surface area (Å²) in [5.74, 6) is -0.451. The fourth-order valence-corrected chi connectivity index (χ4v) is 2.89. The average molecular weight is 336 g/mol. The molecule has 114 valence electrons. The van der Waals surface area contributed by atoms with Crippen LogP contribution in [-0.2, 0) is 11.3 Å². The molecule has 0 fully saturated rings. The number of hydrogen-bond acceptors (Lipinski definition) is 5. The molecule has 1 amide bonds. The Bertz CT molecular complexity index is 622. The minimum Gasteiger partial charge on any atom is -0.272 e. The highest BCUT2D eigenvalue weighted by molar-refractivity contribution is 7.97. The van der Waals surface area contributed by atoms with Gasteiger partial charge >= 0.3 is 0 Å². The van der Waals surface area contributed by atoms with E-state index in [1.54, 1.807) is 12.1 Å². The van der Waals surface area contributed by atoms with Gasteiger partial charge in [-0.05, 0) is 41.8 Å². The summed E-state index contributed by atoms with van der Waals surface area (Å²) in [6.45, 7) is 0.580. The minimum atomic E-state index is -0.451. The molecule has 2 aromatic rings. The van der Waals surface area contributed by atoms with Gasteiger partial charge in [0.05, 0.1) is 11.8 Å². The molecule has 0 saturated heterocycles. The molecular weight excluding hydrogens is 322 g/mol. The largest absolute Gasteiger partial charge is 0.272 e. The van der Waals surface area contributed by atoms with Gasteiger partial charge in [0, 0.05) is 16.5 Å². The zero-order chi connectivity index (χ0) is 15.8. The van der Waals surface area contributed by atoms with Crippen molar-refractivity contribution in [3.8, 4) is 0 Å². The van der Waals surface area contributed by atoms with E-state index in [0.29, 0.717) is 11.6 Å². The second-order valence-corrected chi connectivity index (χ2v) is 6.06. The molecule has 0 radical (unpaired) electrons. The summed E-state index contributed by atoms with van der Waals surface area (Å²) >= 11 is 7.31. The zero-order valence-corrected chi connectivity index (χ0v) is 13.2. The number of nitrogens with zero attached hydrogens (tertiary/aromatic N) is 2. The Labute approximate surface area is 137 Å². The van der Waals surface area contributed by atoms with Crippen LogP contribution in [-0.4, -0.2) is 16.8 Å². The van der Waals surface area contributed by atoms with Gasteiger partial charge in [-0.1, -0.05) is 41.9 Å². The number of carbonyl (C=O) groups is 1. The summed E-state index contributed by atoms with van der Waals surface area (Å²) in [6.07, 6.45) is 0. The lowest BCUT2D eigenvalue weighted by Crippen LogP contribution is -2.30. The van der Waals surface area contributed by atoms with E-state index in [2.05, 4.69) is 5.29 Å². The lowest BCUT2D eigenvalue weighted by molar-refractivity contribution is -0.121. The van der Waals surface area contributed by atoms with Gasteiger partial charge in [0.25, 0.3) is 5.91 Å². The van der Waals surface area contributed by atoms with Crippen LogP contribution in [0.3, 0.4) is 0 Å². The highest BCUT2D eigenvalue weighted by Crippen LogP contribution is 2.24. The van der Waals surface area contributed by atoms with Crippen LogP contribution in [0, 0.1) is 4.91 Å². The maximum Gasteiger partial charge on any atom is 0.257 e. The van der Waals surface area contributed by atoms with Crippen molar-refractivity contribution in [3.05, 3.63) is 70.1 Å². The third-order valence-corrected chi connectivity index (χ3v) is 3.99. The van der Waals surface area contributed by atoms with Gasteiger partial charge in [-0.2, -0.15) is 0 Å². The van der Waals surface area contributed by atoms with E-state index in [0.717, 1.165) is 10.5 Å². The molecule has 5 nitrogen and oxygen atoms in total. The summed E-state index contributed by atoms with van der Waals surface area (Å²) in [5.41, 5.74) is 2.92. The third-order valence-electron chi connectivity index (χ3n) is 2.74. The van der Waals surface area contributed by atoms with Crippen molar-refractivity contribution in [1.29, 1.82) is 0 Å². The van der Waals surface area contributed by atoms with Gasteiger partial charge in [-0.25, -0.2) is 9.73 Å². The summed E-state index contributed by atoms with van der Waals surface area (Å²) in [7, 11) is 0. The van der Waals surface area contributed by atoms with Gasteiger partial charge < -0.3 is 0 Å². The van der Waals surface area contributed by atoms with Crippen molar-refractivity contribution in [2.24, 2.45) is 5.29 Å². The molecule has 0 aliphatic heterocycles.